The molecule has 0 bridgehead atoms. The molecule has 1 aromatic heterocycles. The van der Waals surface area contributed by atoms with Crippen LogP contribution in [-0.4, -0.2) is 32.7 Å². The highest BCUT2D eigenvalue weighted by molar-refractivity contribution is 7.89. The molecule has 0 fully saturated rings. The number of thiophene rings is 1. The Labute approximate surface area is 150 Å². The van der Waals surface area contributed by atoms with Crippen LogP contribution in [0.15, 0.2) is 41.8 Å². The van der Waals surface area contributed by atoms with E-state index in [2.05, 4.69) is 5.32 Å². The molecule has 0 saturated carbocycles. The number of hydrogen-bond donors (Lipinski definition) is 1. The molecule has 134 valence electrons. The predicted molar refractivity (Wildman–Crippen MR) is 96.0 cm³/mol. The highest BCUT2D eigenvalue weighted by Crippen LogP contribution is 2.11. The summed E-state index contributed by atoms with van der Waals surface area (Å²) in [7, 11) is -3.13. The van der Waals surface area contributed by atoms with Gasteiger partial charge in [0.2, 0.25) is 0 Å². The summed E-state index contributed by atoms with van der Waals surface area (Å²) in [6, 6.07) is 9.87. The van der Waals surface area contributed by atoms with Crippen molar-refractivity contribution in [2.75, 3.05) is 6.26 Å². The molecule has 8 heteroatoms. The van der Waals surface area contributed by atoms with E-state index in [9.17, 15) is 18.0 Å². The third-order valence-electron chi connectivity index (χ3n) is 3.29. The van der Waals surface area contributed by atoms with Gasteiger partial charge in [-0.3, -0.25) is 4.79 Å². The van der Waals surface area contributed by atoms with Crippen LogP contribution < -0.4 is 5.32 Å². The number of ether oxygens (including phenoxy) is 1. The number of hydrogen-bond acceptors (Lipinski definition) is 6. The molecule has 2 rings (SSSR count). The van der Waals surface area contributed by atoms with E-state index in [0.29, 0.717) is 12.1 Å². The van der Waals surface area contributed by atoms with Gasteiger partial charge in [0.05, 0.1) is 17.9 Å². The van der Waals surface area contributed by atoms with E-state index in [4.69, 9.17) is 4.74 Å². The highest BCUT2D eigenvalue weighted by Gasteiger charge is 2.19. The molecule has 6 nitrogen and oxygen atoms in total. The second kappa shape index (κ2) is 8.26. The minimum atomic E-state index is -3.13. The fourth-order valence-corrected chi connectivity index (χ4v) is 3.50. The minimum absolute atomic E-state index is 0.0934. The number of sulfone groups is 1. The van der Waals surface area contributed by atoms with Gasteiger partial charge in [0, 0.05) is 11.1 Å². The first-order valence-electron chi connectivity index (χ1n) is 7.52. The fourth-order valence-electron chi connectivity index (χ4n) is 2.05. The van der Waals surface area contributed by atoms with E-state index < -0.39 is 21.9 Å². The maximum absolute atomic E-state index is 12.1. The monoisotopic (exact) mass is 381 g/mol. The Morgan fingerprint density at radius 1 is 1.20 bits per heavy atom. The fraction of sp³-hybridized carbons (Fsp3) is 0.294. The van der Waals surface area contributed by atoms with Gasteiger partial charge in [-0.2, -0.15) is 0 Å². The van der Waals surface area contributed by atoms with Crippen molar-refractivity contribution in [1.29, 1.82) is 0 Å². The lowest BCUT2D eigenvalue weighted by Crippen LogP contribution is -2.35. The molecule has 0 aliphatic carbocycles. The van der Waals surface area contributed by atoms with Crippen LogP contribution >= 0.6 is 11.3 Å². The lowest BCUT2D eigenvalue weighted by Gasteiger charge is -2.13. The van der Waals surface area contributed by atoms with Gasteiger partial charge in [0.1, 0.15) is 0 Å². The number of benzene rings is 1. The molecule has 1 heterocycles. The summed E-state index contributed by atoms with van der Waals surface area (Å²) in [6.45, 7) is 1.89. The molecule has 0 unspecified atom stereocenters. The maximum Gasteiger partial charge on any atom is 0.338 e. The van der Waals surface area contributed by atoms with Crippen molar-refractivity contribution < 1.29 is 22.7 Å². The van der Waals surface area contributed by atoms with Gasteiger partial charge in [-0.15, -0.1) is 11.3 Å². The Morgan fingerprint density at radius 3 is 2.44 bits per heavy atom. The zero-order valence-corrected chi connectivity index (χ0v) is 15.5. The second-order valence-corrected chi connectivity index (χ2v) is 8.78. The normalized spacial score (nSPS) is 12.4. The summed E-state index contributed by atoms with van der Waals surface area (Å²) < 4.78 is 27.6. The third kappa shape index (κ3) is 6.32. The molecule has 0 saturated heterocycles. The predicted octanol–water partition coefficient (Wildman–Crippen LogP) is 2.15. The van der Waals surface area contributed by atoms with Crippen LogP contribution in [0.1, 0.15) is 27.7 Å². The summed E-state index contributed by atoms with van der Waals surface area (Å²) >= 11 is 1.53. The third-order valence-corrected chi connectivity index (χ3v) is 5.02. The molecule has 0 radical (unpaired) electrons. The van der Waals surface area contributed by atoms with E-state index >= 15 is 0 Å². The van der Waals surface area contributed by atoms with Crippen molar-refractivity contribution in [3.63, 3.8) is 0 Å². The number of nitrogens with one attached hydrogen (secondary N) is 1. The van der Waals surface area contributed by atoms with Gasteiger partial charge in [-0.1, -0.05) is 18.2 Å². The van der Waals surface area contributed by atoms with Crippen LogP contribution in [0.2, 0.25) is 0 Å². The summed E-state index contributed by atoms with van der Waals surface area (Å²) in [4.78, 5) is 25.0. The molecule has 0 spiro atoms. The lowest BCUT2D eigenvalue weighted by molar-refractivity contribution is -0.129. The summed E-state index contributed by atoms with van der Waals surface area (Å²) in [6.07, 6.45) is 0.217. The Bertz CT molecular complexity index is 826. The first-order chi connectivity index (χ1) is 11.7. The molecule has 0 aliphatic rings. The lowest BCUT2D eigenvalue weighted by atomic mass is 10.1. The molecule has 1 aromatic carbocycles. The SMILES string of the molecule is C[C@@H](OC(=O)c1ccc(CS(C)(=O)=O)cc1)C(=O)NCc1cccs1. The molecule has 2 aromatic rings. The first-order valence-corrected chi connectivity index (χ1v) is 10.5. The zero-order chi connectivity index (χ0) is 18.4. The second-order valence-electron chi connectivity index (χ2n) is 5.61. The number of esters is 1. The van der Waals surface area contributed by atoms with E-state index in [0.717, 1.165) is 11.1 Å². The first kappa shape index (κ1) is 19.1. The summed E-state index contributed by atoms with van der Waals surface area (Å²) in [5.41, 5.74) is 0.843. The molecular weight excluding hydrogens is 362 g/mol. The Balaban J connectivity index is 1.88. The van der Waals surface area contributed by atoms with Crippen molar-refractivity contribution in [2.24, 2.45) is 0 Å². The molecule has 1 atom stereocenters. The molecule has 0 aliphatic heterocycles. The van der Waals surface area contributed by atoms with E-state index in [1.54, 1.807) is 12.1 Å². The van der Waals surface area contributed by atoms with Gasteiger partial charge in [-0.05, 0) is 36.1 Å². The number of rotatable bonds is 7. The molecule has 25 heavy (non-hydrogen) atoms. The van der Waals surface area contributed by atoms with Gasteiger partial charge < -0.3 is 10.1 Å². The van der Waals surface area contributed by atoms with Crippen LogP contribution in [-0.2, 0) is 31.7 Å². The smallest absolute Gasteiger partial charge is 0.338 e. The summed E-state index contributed by atoms with van der Waals surface area (Å²) in [5.74, 6) is -1.11. The quantitative estimate of drug-likeness (QED) is 0.743. The van der Waals surface area contributed by atoms with Gasteiger partial charge in [0.15, 0.2) is 15.9 Å². The highest BCUT2D eigenvalue weighted by atomic mass is 32.2. The van der Waals surface area contributed by atoms with Crippen molar-refractivity contribution in [1.82, 2.24) is 5.32 Å². The average molecular weight is 381 g/mol. The maximum atomic E-state index is 12.1. The topological polar surface area (TPSA) is 89.5 Å². The van der Waals surface area contributed by atoms with Crippen molar-refractivity contribution >= 4 is 33.1 Å². The number of carbonyl (C=O) groups is 2. The van der Waals surface area contributed by atoms with Crippen LogP contribution in [0.5, 0.6) is 0 Å². The minimum Gasteiger partial charge on any atom is -0.449 e. The van der Waals surface area contributed by atoms with Crippen LogP contribution in [0.3, 0.4) is 0 Å². The standard InChI is InChI=1S/C17H19NO5S2/c1-12(16(19)18-10-15-4-3-9-24-15)23-17(20)14-7-5-13(6-8-14)11-25(2,21)22/h3-9,12H,10-11H2,1-2H3,(H,18,19)/t12-/m1/s1. The van der Waals surface area contributed by atoms with Crippen LogP contribution in [0.4, 0.5) is 0 Å². The Morgan fingerprint density at radius 2 is 1.88 bits per heavy atom. The van der Waals surface area contributed by atoms with Crippen LogP contribution in [0, 0.1) is 0 Å². The van der Waals surface area contributed by atoms with Gasteiger partial charge in [-0.25, -0.2) is 13.2 Å². The number of amides is 1. The van der Waals surface area contributed by atoms with Gasteiger partial charge in [0.25, 0.3) is 5.91 Å². The summed E-state index contributed by atoms with van der Waals surface area (Å²) in [5, 5.41) is 4.62. The van der Waals surface area contributed by atoms with E-state index in [-0.39, 0.29) is 17.2 Å². The largest absolute Gasteiger partial charge is 0.449 e. The van der Waals surface area contributed by atoms with Gasteiger partial charge >= 0.3 is 5.97 Å². The van der Waals surface area contributed by atoms with E-state index in [1.165, 1.54) is 30.4 Å². The van der Waals surface area contributed by atoms with Crippen molar-refractivity contribution in [3.8, 4) is 0 Å². The Hall–Kier alpha value is -2.19. The molecule has 1 amide bonds. The van der Waals surface area contributed by atoms with Crippen molar-refractivity contribution in [3.05, 3.63) is 57.8 Å². The van der Waals surface area contributed by atoms with Crippen LogP contribution in [0.25, 0.3) is 0 Å². The zero-order valence-electron chi connectivity index (χ0n) is 13.9. The van der Waals surface area contributed by atoms with Crippen molar-refractivity contribution in [2.45, 2.75) is 25.3 Å². The molecule has 1 N–H and O–H groups in total. The average Bonchev–Trinajstić information content (AvgIpc) is 3.05. The Kier molecular flexibility index (Phi) is 6.33. The molecular formula is C17H19NO5S2. The van der Waals surface area contributed by atoms with E-state index in [1.807, 2.05) is 17.5 Å². The number of carbonyl (C=O) groups excluding carboxylic acids is 2.